The minimum absolute atomic E-state index is 0.396. The van der Waals surface area contributed by atoms with Crippen LogP contribution in [0.3, 0.4) is 0 Å². The molecular formula is C14H12F3N3. The minimum Gasteiger partial charge on any atom is -0.252 e. The molecule has 0 amide bonds. The SMILES string of the molecule is FC(F)(F)c1cc(-c2cc3c(nn2)CCCC3)ccn1. The molecular weight excluding hydrogens is 267 g/mol. The third kappa shape index (κ3) is 2.50. The summed E-state index contributed by atoms with van der Waals surface area (Å²) in [5.74, 6) is 0. The highest BCUT2D eigenvalue weighted by Gasteiger charge is 2.32. The van der Waals surface area contributed by atoms with Gasteiger partial charge in [0.1, 0.15) is 5.69 Å². The van der Waals surface area contributed by atoms with Crippen molar-refractivity contribution in [1.29, 1.82) is 0 Å². The molecule has 0 radical (unpaired) electrons. The minimum atomic E-state index is -4.45. The van der Waals surface area contributed by atoms with Gasteiger partial charge in [0.05, 0.1) is 11.4 Å². The Morgan fingerprint density at radius 3 is 2.60 bits per heavy atom. The summed E-state index contributed by atoms with van der Waals surface area (Å²) in [6.45, 7) is 0. The standard InChI is InChI=1S/C14H12F3N3/c15-14(16,17)13-8-10(5-6-18-13)12-7-9-3-1-2-4-11(9)19-20-12/h5-8H,1-4H2. The summed E-state index contributed by atoms with van der Waals surface area (Å²) < 4.78 is 38.0. The molecule has 0 fully saturated rings. The van der Waals surface area contributed by atoms with Crippen LogP contribution in [0.5, 0.6) is 0 Å². The Hall–Kier alpha value is -1.98. The smallest absolute Gasteiger partial charge is 0.252 e. The highest BCUT2D eigenvalue weighted by Crippen LogP contribution is 2.30. The Morgan fingerprint density at radius 2 is 1.80 bits per heavy atom. The molecule has 20 heavy (non-hydrogen) atoms. The number of nitrogens with zero attached hydrogens (tertiary/aromatic N) is 3. The molecule has 0 spiro atoms. The third-order valence-electron chi connectivity index (χ3n) is 3.42. The fourth-order valence-electron chi connectivity index (χ4n) is 2.38. The lowest BCUT2D eigenvalue weighted by Gasteiger charge is -2.14. The fourth-order valence-corrected chi connectivity index (χ4v) is 2.38. The van der Waals surface area contributed by atoms with Crippen LogP contribution < -0.4 is 0 Å². The van der Waals surface area contributed by atoms with E-state index >= 15 is 0 Å². The van der Waals surface area contributed by atoms with Crippen LogP contribution >= 0.6 is 0 Å². The molecule has 0 saturated heterocycles. The maximum atomic E-state index is 12.7. The van der Waals surface area contributed by atoms with Crippen molar-refractivity contribution in [2.24, 2.45) is 0 Å². The number of pyridine rings is 1. The Morgan fingerprint density at radius 1 is 1.00 bits per heavy atom. The maximum Gasteiger partial charge on any atom is 0.433 e. The predicted octanol–water partition coefficient (Wildman–Crippen LogP) is 3.44. The lowest BCUT2D eigenvalue weighted by molar-refractivity contribution is -0.141. The molecule has 2 aromatic rings. The molecule has 0 saturated carbocycles. The van der Waals surface area contributed by atoms with Gasteiger partial charge in [-0.1, -0.05) is 0 Å². The van der Waals surface area contributed by atoms with Gasteiger partial charge >= 0.3 is 6.18 Å². The van der Waals surface area contributed by atoms with E-state index in [4.69, 9.17) is 0 Å². The van der Waals surface area contributed by atoms with Gasteiger partial charge in [0, 0.05) is 11.8 Å². The summed E-state index contributed by atoms with van der Waals surface area (Å²) in [5.41, 5.74) is 2.01. The number of hydrogen-bond donors (Lipinski definition) is 0. The van der Waals surface area contributed by atoms with Crippen LogP contribution in [-0.4, -0.2) is 15.2 Å². The molecule has 0 aliphatic heterocycles. The zero-order chi connectivity index (χ0) is 14.2. The average molecular weight is 279 g/mol. The molecule has 3 rings (SSSR count). The van der Waals surface area contributed by atoms with E-state index in [2.05, 4.69) is 15.2 Å². The van der Waals surface area contributed by atoms with Crippen molar-refractivity contribution in [3.63, 3.8) is 0 Å². The molecule has 2 heterocycles. The van der Waals surface area contributed by atoms with Gasteiger partial charge in [-0.05, 0) is 49.4 Å². The first kappa shape index (κ1) is 13.0. The Labute approximate surface area is 113 Å². The van der Waals surface area contributed by atoms with E-state index in [1.807, 2.05) is 6.07 Å². The number of aromatic nitrogens is 3. The highest BCUT2D eigenvalue weighted by atomic mass is 19.4. The molecule has 0 unspecified atom stereocenters. The van der Waals surface area contributed by atoms with Crippen molar-refractivity contribution in [2.75, 3.05) is 0 Å². The summed E-state index contributed by atoms with van der Waals surface area (Å²) in [6, 6.07) is 4.38. The van der Waals surface area contributed by atoms with E-state index in [1.165, 1.54) is 6.07 Å². The van der Waals surface area contributed by atoms with Crippen LogP contribution in [-0.2, 0) is 19.0 Å². The largest absolute Gasteiger partial charge is 0.433 e. The average Bonchev–Trinajstić information content (AvgIpc) is 2.46. The Bertz CT molecular complexity index is 638. The van der Waals surface area contributed by atoms with Crippen molar-refractivity contribution in [3.8, 4) is 11.3 Å². The molecule has 0 atom stereocenters. The second kappa shape index (κ2) is 4.85. The first-order valence-electron chi connectivity index (χ1n) is 6.43. The van der Waals surface area contributed by atoms with Gasteiger partial charge in [-0.15, -0.1) is 0 Å². The van der Waals surface area contributed by atoms with Crippen LogP contribution in [0.1, 0.15) is 29.8 Å². The molecule has 0 N–H and O–H groups in total. The van der Waals surface area contributed by atoms with Crippen molar-refractivity contribution in [1.82, 2.24) is 15.2 Å². The monoisotopic (exact) mass is 279 g/mol. The summed E-state index contributed by atoms with van der Waals surface area (Å²) in [4.78, 5) is 3.35. The second-order valence-electron chi connectivity index (χ2n) is 4.84. The Balaban J connectivity index is 2.01. The maximum absolute atomic E-state index is 12.7. The molecule has 1 aliphatic carbocycles. The van der Waals surface area contributed by atoms with Gasteiger partial charge in [-0.2, -0.15) is 23.4 Å². The summed E-state index contributed by atoms with van der Waals surface area (Å²) in [6.07, 6.45) is 0.690. The number of rotatable bonds is 1. The van der Waals surface area contributed by atoms with E-state index < -0.39 is 11.9 Å². The van der Waals surface area contributed by atoms with Crippen molar-refractivity contribution in [2.45, 2.75) is 31.9 Å². The molecule has 3 nitrogen and oxygen atoms in total. The van der Waals surface area contributed by atoms with Gasteiger partial charge in [0.15, 0.2) is 0 Å². The molecule has 0 bridgehead atoms. The molecule has 2 aromatic heterocycles. The van der Waals surface area contributed by atoms with Crippen LogP contribution in [0.25, 0.3) is 11.3 Å². The fraction of sp³-hybridized carbons (Fsp3) is 0.357. The number of halogens is 3. The topological polar surface area (TPSA) is 38.7 Å². The molecule has 104 valence electrons. The van der Waals surface area contributed by atoms with E-state index in [0.717, 1.165) is 49.2 Å². The van der Waals surface area contributed by atoms with Gasteiger partial charge in [0.25, 0.3) is 0 Å². The summed E-state index contributed by atoms with van der Waals surface area (Å²) in [7, 11) is 0. The first-order valence-corrected chi connectivity index (χ1v) is 6.43. The van der Waals surface area contributed by atoms with E-state index in [-0.39, 0.29) is 0 Å². The van der Waals surface area contributed by atoms with Crippen molar-refractivity contribution < 1.29 is 13.2 Å². The number of hydrogen-bond acceptors (Lipinski definition) is 3. The third-order valence-corrected chi connectivity index (χ3v) is 3.42. The molecule has 0 aromatic carbocycles. The van der Waals surface area contributed by atoms with Gasteiger partial charge in [-0.25, -0.2) is 0 Å². The number of fused-ring (bicyclic) bond motifs is 1. The van der Waals surface area contributed by atoms with E-state index in [9.17, 15) is 13.2 Å². The van der Waals surface area contributed by atoms with Crippen LogP contribution in [0.2, 0.25) is 0 Å². The molecule has 1 aliphatic rings. The van der Waals surface area contributed by atoms with E-state index in [0.29, 0.717) is 11.3 Å². The zero-order valence-electron chi connectivity index (χ0n) is 10.6. The lowest BCUT2D eigenvalue weighted by atomic mass is 9.95. The van der Waals surface area contributed by atoms with Gasteiger partial charge in [0.2, 0.25) is 0 Å². The highest BCUT2D eigenvalue weighted by molar-refractivity contribution is 5.59. The Kier molecular flexibility index (Phi) is 3.16. The van der Waals surface area contributed by atoms with Crippen molar-refractivity contribution in [3.05, 3.63) is 41.3 Å². The normalized spacial score (nSPS) is 14.9. The zero-order valence-corrected chi connectivity index (χ0v) is 10.6. The number of alkyl halides is 3. The predicted molar refractivity (Wildman–Crippen MR) is 66.9 cm³/mol. The van der Waals surface area contributed by atoms with Gasteiger partial charge in [-0.3, -0.25) is 4.98 Å². The second-order valence-corrected chi connectivity index (χ2v) is 4.84. The number of aryl methyl sites for hydroxylation is 2. The van der Waals surface area contributed by atoms with Crippen LogP contribution in [0.15, 0.2) is 24.4 Å². The first-order chi connectivity index (χ1) is 9.54. The van der Waals surface area contributed by atoms with Crippen LogP contribution in [0.4, 0.5) is 13.2 Å². The quantitative estimate of drug-likeness (QED) is 0.802. The van der Waals surface area contributed by atoms with Crippen molar-refractivity contribution >= 4 is 0 Å². The van der Waals surface area contributed by atoms with Gasteiger partial charge < -0.3 is 0 Å². The summed E-state index contributed by atoms with van der Waals surface area (Å²) in [5, 5.41) is 8.18. The molecule has 6 heteroatoms. The lowest BCUT2D eigenvalue weighted by Crippen LogP contribution is -2.09. The summed E-state index contributed by atoms with van der Waals surface area (Å²) >= 11 is 0. The van der Waals surface area contributed by atoms with E-state index in [1.54, 1.807) is 0 Å². The van der Waals surface area contributed by atoms with Crippen LogP contribution in [0, 0.1) is 0 Å².